The smallest absolute Gasteiger partial charge is 0.410 e. The number of hydrogen-bond donors (Lipinski definition) is 0. The van der Waals surface area contributed by atoms with Gasteiger partial charge >= 0.3 is 6.09 Å². The Morgan fingerprint density at radius 1 is 1.44 bits per heavy atom. The van der Waals surface area contributed by atoms with Crippen molar-refractivity contribution in [2.24, 2.45) is 5.92 Å². The van der Waals surface area contributed by atoms with E-state index in [1.54, 1.807) is 16.2 Å². The van der Waals surface area contributed by atoms with Crippen molar-refractivity contribution >= 4 is 17.4 Å². The Hall–Kier alpha value is -1.17. The first kappa shape index (κ1) is 13.3. The van der Waals surface area contributed by atoms with Crippen LogP contribution >= 0.6 is 11.3 Å². The largest absolute Gasteiger partial charge is 0.444 e. The molecule has 0 N–H and O–H groups in total. The van der Waals surface area contributed by atoms with Crippen molar-refractivity contribution < 1.29 is 9.53 Å². The molecule has 1 amide bonds. The Morgan fingerprint density at radius 3 is 2.61 bits per heavy atom. The van der Waals surface area contributed by atoms with E-state index in [4.69, 9.17) is 4.74 Å². The Bertz CT molecular complexity index is 433. The fourth-order valence-electron chi connectivity index (χ4n) is 1.84. The minimum atomic E-state index is -0.418. The lowest BCUT2D eigenvalue weighted by Crippen LogP contribution is -2.52. The summed E-state index contributed by atoms with van der Waals surface area (Å²) in [7, 11) is 0. The second-order valence-electron chi connectivity index (χ2n) is 5.67. The van der Waals surface area contributed by atoms with Gasteiger partial charge in [-0.05, 0) is 27.7 Å². The number of aromatic nitrogens is 2. The third-order valence-electron chi connectivity index (χ3n) is 2.64. The zero-order chi connectivity index (χ0) is 13.3. The minimum Gasteiger partial charge on any atom is -0.444 e. The Morgan fingerprint density at radius 2 is 2.11 bits per heavy atom. The number of carbonyl (C=O) groups excluding carboxylic acids is 1. The molecule has 0 radical (unpaired) electrons. The molecule has 1 aliphatic rings. The minimum absolute atomic E-state index is 0.216. The van der Waals surface area contributed by atoms with Gasteiger partial charge in [-0.1, -0.05) is 0 Å². The fourth-order valence-corrected chi connectivity index (χ4v) is 2.66. The summed E-state index contributed by atoms with van der Waals surface area (Å²) in [6, 6.07) is 0. The molecule has 0 atom stereocenters. The SMILES string of the molecule is Cc1nnc(CC2CN(C(=O)OC(C)(C)C)C2)s1. The van der Waals surface area contributed by atoms with Crippen LogP contribution in [-0.2, 0) is 11.2 Å². The molecule has 2 rings (SSSR count). The van der Waals surface area contributed by atoms with Gasteiger partial charge in [-0.3, -0.25) is 0 Å². The Kier molecular flexibility index (Phi) is 3.56. The van der Waals surface area contributed by atoms with Gasteiger partial charge in [0, 0.05) is 25.4 Å². The first-order valence-electron chi connectivity index (χ1n) is 6.10. The van der Waals surface area contributed by atoms with E-state index in [1.807, 2.05) is 27.7 Å². The van der Waals surface area contributed by atoms with Crippen LogP contribution in [0.25, 0.3) is 0 Å². The second-order valence-corrected chi connectivity index (χ2v) is 6.94. The average Bonchev–Trinajstić information content (AvgIpc) is 2.53. The molecular weight excluding hydrogens is 250 g/mol. The second kappa shape index (κ2) is 4.84. The summed E-state index contributed by atoms with van der Waals surface area (Å²) >= 11 is 1.63. The maximum atomic E-state index is 11.7. The molecule has 5 nitrogen and oxygen atoms in total. The lowest BCUT2D eigenvalue weighted by molar-refractivity contribution is -0.000898. The molecule has 0 bridgehead atoms. The van der Waals surface area contributed by atoms with Crippen LogP contribution in [-0.4, -0.2) is 39.9 Å². The average molecular weight is 269 g/mol. The lowest BCUT2D eigenvalue weighted by atomic mass is 9.97. The summed E-state index contributed by atoms with van der Waals surface area (Å²) in [6.45, 7) is 9.11. The molecule has 1 fully saturated rings. The predicted molar refractivity (Wildman–Crippen MR) is 69.6 cm³/mol. The van der Waals surface area contributed by atoms with Gasteiger partial charge in [-0.15, -0.1) is 21.5 Å². The van der Waals surface area contributed by atoms with Crippen LogP contribution < -0.4 is 0 Å². The van der Waals surface area contributed by atoms with E-state index in [1.165, 1.54) is 0 Å². The predicted octanol–water partition coefficient (Wildman–Crippen LogP) is 2.26. The maximum Gasteiger partial charge on any atom is 0.410 e. The van der Waals surface area contributed by atoms with Crippen LogP contribution in [0.3, 0.4) is 0 Å². The van der Waals surface area contributed by atoms with E-state index in [9.17, 15) is 4.79 Å². The fraction of sp³-hybridized carbons (Fsp3) is 0.750. The van der Waals surface area contributed by atoms with Crippen molar-refractivity contribution in [1.82, 2.24) is 15.1 Å². The zero-order valence-corrected chi connectivity index (χ0v) is 12.1. The third-order valence-corrected chi connectivity index (χ3v) is 3.50. The van der Waals surface area contributed by atoms with Crippen molar-refractivity contribution in [3.05, 3.63) is 10.0 Å². The van der Waals surface area contributed by atoms with E-state index in [0.717, 1.165) is 29.5 Å². The van der Waals surface area contributed by atoms with Crippen molar-refractivity contribution in [1.29, 1.82) is 0 Å². The first-order valence-corrected chi connectivity index (χ1v) is 6.92. The molecule has 1 saturated heterocycles. The Balaban J connectivity index is 1.75. The summed E-state index contributed by atoms with van der Waals surface area (Å²) in [5.41, 5.74) is -0.418. The maximum absolute atomic E-state index is 11.7. The highest BCUT2D eigenvalue weighted by molar-refractivity contribution is 7.11. The van der Waals surface area contributed by atoms with Gasteiger partial charge in [-0.2, -0.15) is 0 Å². The number of rotatable bonds is 2. The topological polar surface area (TPSA) is 55.3 Å². The van der Waals surface area contributed by atoms with Crippen LogP contribution in [0.2, 0.25) is 0 Å². The normalized spacial score (nSPS) is 16.6. The molecule has 6 heteroatoms. The molecule has 100 valence electrons. The van der Waals surface area contributed by atoms with E-state index in [0.29, 0.717) is 5.92 Å². The number of likely N-dealkylation sites (tertiary alicyclic amines) is 1. The lowest BCUT2D eigenvalue weighted by Gasteiger charge is -2.39. The van der Waals surface area contributed by atoms with Gasteiger partial charge in [-0.25, -0.2) is 4.79 Å². The zero-order valence-electron chi connectivity index (χ0n) is 11.3. The molecular formula is C12H19N3O2S. The van der Waals surface area contributed by atoms with E-state index < -0.39 is 5.60 Å². The highest BCUT2D eigenvalue weighted by Crippen LogP contribution is 2.23. The van der Waals surface area contributed by atoms with Gasteiger partial charge in [0.05, 0.1) is 0 Å². The van der Waals surface area contributed by atoms with E-state index in [-0.39, 0.29) is 6.09 Å². The van der Waals surface area contributed by atoms with Crippen molar-refractivity contribution in [3.8, 4) is 0 Å². The summed E-state index contributed by atoms with van der Waals surface area (Å²) in [5, 5.41) is 10.1. The van der Waals surface area contributed by atoms with E-state index >= 15 is 0 Å². The first-order chi connectivity index (χ1) is 8.33. The molecule has 18 heavy (non-hydrogen) atoms. The summed E-state index contributed by atoms with van der Waals surface area (Å²) in [5.74, 6) is 0.491. The van der Waals surface area contributed by atoms with Gasteiger partial charge in [0.1, 0.15) is 15.6 Å². The van der Waals surface area contributed by atoms with Crippen LogP contribution in [0.15, 0.2) is 0 Å². The van der Waals surface area contributed by atoms with Crippen LogP contribution in [0.5, 0.6) is 0 Å². The summed E-state index contributed by atoms with van der Waals surface area (Å²) < 4.78 is 5.31. The number of ether oxygens (including phenoxy) is 1. The van der Waals surface area contributed by atoms with Gasteiger partial charge in [0.15, 0.2) is 0 Å². The summed E-state index contributed by atoms with van der Waals surface area (Å²) in [4.78, 5) is 13.5. The third kappa shape index (κ3) is 3.41. The molecule has 0 saturated carbocycles. The van der Waals surface area contributed by atoms with E-state index in [2.05, 4.69) is 10.2 Å². The van der Waals surface area contributed by atoms with Crippen LogP contribution in [0.1, 0.15) is 30.8 Å². The van der Waals surface area contributed by atoms with Crippen molar-refractivity contribution in [2.75, 3.05) is 13.1 Å². The number of hydrogen-bond acceptors (Lipinski definition) is 5. The number of nitrogens with zero attached hydrogens (tertiary/aromatic N) is 3. The molecule has 2 heterocycles. The highest BCUT2D eigenvalue weighted by atomic mass is 32.1. The van der Waals surface area contributed by atoms with Gasteiger partial charge < -0.3 is 9.64 Å². The van der Waals surface area contributed by atoms with Gasteiger partial charge in [0.25, 0.3) is 0 Å². The molecule has 0 unspecified atom stereocenters. The molecule has 0 aliphatic carbocycles. The van der Waals surface area contributed by atoms with Crippen LogP contribution in [0, 0.1) is 12.8 Å². The number of amides is 1. The molecule has 1 aliphatic heterocycles. The number of carbonyl (C=O) groups is 1. The van der Waals surface area contributed by atoms with Crippen molar-refractivity contribution in [3.63, 3.8) is 0 Å². The monoisotopic (exact) mass is 269 g/mol. The summed E-state index contributed by atoms with van der Waals surface area (Å²) in [6.07, 6.45) is 0.692. The standard InChI is InChI=1S/C12H19N3O2S/c1-8-13-14-10(18-8)5-9-6-15(7-9)11(16)17-12(2,3)4/h9H,5-7H2,1-4H3. The van der Waals surface area contributed by atoms with Gasteiger partial charge in [0.2, 0.25) is 0 Å². The quantitative estimate of drug-likeness (QED) is 0.826. The molecule has 0 spiro atoms. The molecule has 1 aromatic rings. The highest BCUT2D eigenvalue weighted by Gasteiger charge is 2.34. The van der Waals surface area contributed by atoms with Crippen molar-refractivity contribution in [2.45, 2.75) is 39.7 Å². The molecule has 0 aromatic carbocycles. The van der Waals surface area contributed by atoms with Crippen LogP contribution in [0.4, 0.5) is 4.79 Å². The number of aryl methyl sites for hydroxylation is 1. The Labute approximate surface area is 111 Å². The molecule has 1 aromatic heterocycles.